The van der Waals surface area contributed by atoms with Crippen LogP contribution >= 0.6 is 0 Å². The summed E-state index contributed by atoms with van der Waals surface area (Å²) in [5.74, 6) is 0.118. The molecule has 0 aromatic carbocycles. The number of rotatable bonds is 1. The van der Waals surface area contributed by atoms with E-state index >= 15 is 0 Å². The van der Waals surface area contributed by atoms with Gasteiger partial charge in [0.05, 0.1) is 10.8 Å². The topological polar surface area (TPSA) is 69.4 Å². The fraction of sp³-hybridized carbons (Fsp3) is 0.727. The third-order valence-corrected chi connectivity index (χ3v) is 3.23. The van der Waals surface area contributed by atoms with Crippen molar-refractivity contribution in [2.75, 3.05) is 0 Å². The van der Waals surface area contributed by atoms with Gasteiger partial charge in [0.2, 0.25) is 0 Å². The van der Waals surface area contributed by atoms with Crippen LogP contribution in [-0.4, -0.2) is 16.9 Å². The van der Waals surface area contributed by atoms with Crippen LogP contribution in [0.1, 0.15) is 33.6 Å². The highest BCUT2D eigenvalue weighted by molar-refractivity contribution is 5.98. The molecule has 0 bridgehead atoms. The van der Waals surface area contributed by atoms with Crippen LogP contribution in [-0.2, 0) is 9.53 Å². The third kappa shape index (κ3) is 1.60. The summed E-state index contributed by atoms with van der Waals surface area (Å²) in [6.07, 6.45) is -0.0185. The average molecular weight is 225 g/mol. The van der Waals surface area contributed by atoms with Gasteiger partial charge in [0.1, 0.15) is 5.76 Å². The number of hydrogen-bond donors (Lipinski definition) is 0. The summed E-state index contributed by atoms with van der Waals surface area (Å²) in [6, 6.07) is 0. The number of allylic oxidation sites excluding steroid dienone is 1. The van der Waals surface area contributed by atoms with Crippen LogP contribution in [0.4, 0.5) is 0 Å². The molecule has 0 N–H and O–H groups in total. The molecule has 0 spiro atoms. The minimum atomic E-state index is -1.08. The van der Waals surface area contributed by atoms with Crippen molar-refractivity contribution in [3.8, 4) is 0 Å². The SMILES string of the molecule is C[C@@H]1C2=C(CC(C)(C)CC2=O)O[C@H]1[N+](=O)[O-]. The Balaban J connectivity index is 2.33. The average Bonchev–Trinajstić information content (AvgIpc) is 2.40. The molecule has 1 heterocycles. The maximum Gasteiger partial charge on any atom is 0.360 e. The Kier molecular flexibility index (Phi) is 2.29. The Morgan fingerprint density at radius 2 is 2.06 bits per heavy atom. The molecule has 88 valence electrons. The van der Waals surface area contributed by atoms with Gasteiger partial charge < -0.3 is 4.74 Å². The zero-order valence-electron chi connectivity index (χ0n) is 9.65. The zero-order chi connectivity index (χ0) is 12.1. The summed E-state index contributed by atoms with van der Waals surface area (Å²) in [7, 11) is 0. The second-order valence-electron chi connectivity index (χ2n) is 5.36. The molecule has 0 saturated heterocycles. The number of hydrogen-bond acceptors (Lipinski definition) is 4. The van der Waals surface area contributed by atoms with Gasteiger partial charge in [-0.05, 0) is 12.3 Å². The van der Waals surface area contributed by atoms with Crippen LogP contribution < -0.4 is 0 Å². The number of nitro groups is 1. The van der Waals surface area contributed by atoms with Gasteiger partial charge in [-0.1, -0.05) is 13.8 Å². The van der Waals surface area contributed by atoms with Crippen molar-refractivity contribution in [3.05, 3.63) is 21.4 Å². The summed E-state index contributed by atoms with van der Waals surface area (Å²) < 4.78 is 5.30. The van der Waals surface area contributed by atoms with Gasteiger partial charge in [-0.2, -0.15) is 0 Å². The number of carbonyl (C=O) groups is 1. The number of Topliss-reactive ketones (excluding diaryl/α,β-unsaturated/α-hetero) is 1. The second-order valence-corrected chi connectivity index (χ2v) is 5.36. The summed E-state index contributed by atoms with van der Waals surface area (Å²) in [6.45, 7) is 5.64. The van der Waals surface area contributed by atoms with Gasteiger partial charge >= 0.3 is 6.23 Å². The van der Waals surface area contributed by atoms with E-state index in [1.807, 2.05) is 13.8 Å². The molecular formula is C11H15NO4. The fourth-order valence-electron chi connectivity index (χ4n) is 2.51. The third-order valence-electron chi connectivity index (χ3n) is 3.23. The number of ether oxygens (including phenoxy) is 1. The second kappa shape index (κ2) is 3.30. The predicted octanol–water partition coefficient (Wildman–Crippen LogP) is 1.90. The van der Waals surface area contributed by atoms with Gasteiger partial charge in [-0.25, -0.2) is 0 Å². The normalized spacial score (nSPS) is 32.3. The summed E-state index contributed by atoms with van der Waals surface area (Å²) >= 11 is 0. The first kappa shape index (κ1) is 11.1. The lowest BCUT2D eigenvalue weighted by Gasteiger charge is -2.28. The molecule has 2 aliphatic rings. The van der Waals surface area contributed by atoms with Crippen LogP contribution in [0.2, 0.25) is 0 Å². The van der Waals surface area contributed by atoms with Crippen molar-refractivity contribution in [2.24, 2.45) is 11.3 Å². The molecule has 2 atom stereocenters. The molecule has 0 radical (unpaired) electrons. The Labute approximate surface area is 93.6 Å². The van der Waals surface area contributed by atoms with Crippen molar-refractivity contribution >= 4 is 5.78 Å². The van der Waals surface area contributed by atoms with Gasteiger partial charge in [0, 0.05) is 18.4 Å². The summed E-state index contributed by atoms with van der Waals surface area (Å²) in [5, 5.41) is 10.8. The van der Waals surface area contributed by atoms with Crippen molar-refractivity contribution < 1.29 is 14.5 Å². The first-order valence-electron chi connectivity index (χ1n) is 5.38. The first-order valence-corrected chi connectivity index (χ1v) is 5.38. The molecule has 0 unspecified atom stereocenters. The smallest absolute Gasteiger partial charge is 0.360 e. The lowest BCUT2D eigenvalue weighted by atomic mass is 9.75. The zero-order valence-corrected chi connectivity index (χ0v) is 9.65. The molecule has 5 nitrogen and oxygen atoms in total. The molecule has 0 amide bonds. The fourth-order valence-corrected chi connectivity index (χ4v) is 2.51. The quantitative estimate of drug-likeness (QED) is 0.504. The molecule has 2 rings (SSSR count). The largest absolute Gasteiger partial charge is 0.434 e. The lowest BCUT2D eigenvalue weighted by Crippen LogP contribution is -2.28. The van der Waals surface area contributed by atoms with E-state index in [1.54, 1.807) is 6.92 Å². The highest BCUT2D eigenvalue weighted by atomic mass is 16.7. The molecular weight excluding hydrogens is 210 g/mol. The van der Waals surface area contributed by atoms with E-state index in [-0.39, 0.29) is 11.2 Å². The van der Waals surface area contributed by atoms with Crippen LogP contribution in [0.25, 0.3) is 0 Å². The van der Waals surface area contributed by atoms with Gasteiger partial charge in [0.25, 0.3) is 0 Å². The van der Waals surface area contributed by atoms with E-state index in [2.05, 4.69) is 0 Å². The Morgan fingerprint density at radius 1 is 1.44 bits per heavy atom. The Morgan fingerprint density at radius 3 is 2.62 bits per heavy atom. The number of carbonyl (C=O) groups excluding carboxylic acids is 1. The van der Waals surface area contributed by atoms with E-state index in [9.17, 15) is 14.9 Å². The van der Waals surface area contributed by atoms with Crippen LogP contribution in [0.3, 0.4) is 0 Å². The monoisotopic (exact) mass is 225 g/mol. The Bertz CT molecular complexity index is 397. The molecule has 0 aromatic rings. The minimum Gasteiger partial charge on any atom is -0.434 e. The number of nitrogens with zero attached hydrogens (tertiary/aromatic N) is 1. The van der Waals surface area contributed by atoms with Crippen LogP contribution in [0, 0.1) is 21.4 Å². The van der Waals surface area contributed by atoms with Crippen molar-refractivity contribution in [1.29, 1.82) is 0 Å². The Hall–Kier alpha value is -1.39. The number of ketones is 1. The van der Waals surface area contributed by atoms with E-state index in [0.717, 1.165) is 0 Å². The van der Waals surface area contributed by atoms with Gasteiger partial charge in [-0.15, -0.1) is 0 Å². The summed E-state index contributed by atoms with van der Waals surface area (Å²) in [5.41, 5.74) is 0.391. The van der Waals surface area contributed by atoms with Crippen molar-refractivity contribution in [3.63, 3.8) is 0 Å². The van der Waals surface area contributed by atoms with Gasteiger partial charge in [0.15, 0.2) is 5.78 Å². The molecule has 1 aliphatic heterocycles. The maximum absolute atomic E-state index is 11.9. The predicted molar refractivity (Wildman–Crippen MR) is 56.1 cm³/mol. The molecule has 16 heavy (non-hydrogen) atoms. The van der Waals surface area contributed by atoms with Crippen LogP contribution in [0.15, 0.2) is 11.3 Å². The van der Waals surface area contributed by atoms with Crippen molar-refractivity contribution in [2.45, 2.75) is 39.8 Å². The highest BCUT2D eigenvalue weighted by Crippen LogP contribution is 2.44. The molecule has 0 fully saturated rings. The van der Waals surface area contributed by atoms with E-state index < -0.39 is 17.1 Å². The molecule has 1 aliphatic carbocycles. The van der Waals surface area contributed by atoms with Gasteiger partial charge in [-0.3, -0.25) is 14.9 Å². The highest BCUT2D eigenvalue weighted by Gasteiger charge is 2.48. The lowest BCUT2D eigenvalue weighted by molar-refractivity contribution is -0.574. The summed E-state index contributed by atoms with van der Waals surface area (Å²) in [4.78, 5) is 22.2. The maximum atomic E-state index is 11.9. The standard InChI is InChI=1S/C11H15NO4/c1-6-9-7(13)4-11(2,3)5-8(9)16-10(6)12(14)15/h6,10H,4-5H2,1-3H3/t6-,10-/m1/s1. The van der Waals surface area contributed by atoms with E-state index in [0.29, 0.717) is 24.2 Å². The van der Waals surface area contributed by atoms with E-state index in [4.69, 9.17) is 4.74 Å². The molecule has 5 heteroatoms. The van der Waals surface area contributed by atoms with Crippen LogP contribution in [0.5, 0.6) is 0 Å². The minimum absolute atomic E-state index is 0.00287. The molecule has 0 saturated carbocycles. The molecule has 0 aromatic heterocycles. The van der Waals surface area contributed by atoms with E-state index in [1.165, 1.54) is 0 Å². The van der Waals surface area contributed by atoms with Crippen molar-refractivity contribution in [1.82, 2.24) is 0 Å². The first-order chi connectivity index (χ1) is 7.32.